The molecule has 1 nitrogen and oxygen atoms in total. The zero-order chi connectivity index (χ0) is 46.9. The maximum Gasteiger partial charge on any atom is 0.0711 e. The molecule has 0 fully saturated rings. The molecule has 2 bridgehead atoms. The molecule has 3 aliphatic carbocycles. The predicted octanol–water partition coefficient (Wildman–Crippen LogP) is 17.9. The summed E-state index contributed by atoms with van der Waals surface area (Å²) in [4.78, 5) is 2.42. The zero-order valence-electron chi connectivity index (χ0n) is 39.1. The summed E-state index contributed by atoms with van der Waals surface area (Å²) in [5.41, 5.74) is 19.9. The molecular formula is C70H47N. The molecular weight excluding hydrogens is 855 g/mol. The van der Waals surface area contributed by atoms with Gasteiger partial charge in [0.2, 0.25) is 0 Å². The Labute approximate surface area is 415 Å². The molecule has 0 heterocycles. The Bertz CT molecular complexity index is 3850. The summed E-state index contributed by atoms with van der Waals surface area (Å²) in [5, 5.41) is 4.87. The van der Waals surface area contributed by atoms with E-state index in [4.69, 9.17) is 0 Å². The molecule has 0 spiro atoms. The summed E-state index contributed by atoms with van der Waals surface area (Å²) in [6, 6.07) is 106. The quantitative estimate of drug-likeness (QED) is 0.147. The van der Waals surface area contributed by atoms with Gasteiger partial charge in [-0.1, -0.05) is 243 Å². The third-order valence-electron chi connectivity index (χ3n) is 15.6. The number of fused-ring (bicyclic) bond motifs is 2. The molecule has 0 unspecified atom stereocenters. The number of hydrogen-bond donors (Lipinski definition) is 0. The van der Waals surface area contributed by atoms with Crippen molar-refractivity contribution in [1.29, 1.82) is 0 Å². The molecule has 12 aromatic rings. The Morgan fingerprint density at radius 2 is 0.549 bits per heavy atom. The molecule has 0 atom stereocenters. The van der Waals surface area contributed by atoms with Gasteiger partial charge in [0.1, 0.15) is 0 Å². The van der Waals surface area contributed by atoms with E-state index in [1.165, 1.54) is 93.9 Å². The van der Waals surface area contributed by atoms with Gasteiger partial charge in [0.25, 0.3) is 0 Å². The van der Waals surface area contributed by atoms with Gasteiger partial charge in [-0.2, -0.15) is 0 Å². The summed E-state index contributed by atoms with van der Waals surface area (Å²) < 4.78 is 0. The Hall–Kier alpha value is -9.04. The lowest BCUT2D eigenvalue weighted by atomic mass is 9.44. The summed E-state index contributed by atoms with van der Waals surface area (Å²) in [5.74, 6) is 0. The molecule has 71 heavy (non-hydrogen) atoms. The average molecular weight is 902 g/mol. The second-order valence-corrected chi connectivity index (χ2v) is 19.2. The molecule has 0 aromatic heterocycles. The SMILES string of the molecule is c1ccc(-c2ccc(C34c5ccccc5C(c5ccc(-c6ccccc6)cc5)(c5ccccc53)c3cc(-c5cccc(N(c6ccc7ccccc7c6)c6ccc7ccccc7c6)c5)ccc34)cc2)cc1. The standard InChI is InChI=1S/C70H47N/c1-3-16-48(17-4-1)52-30-37-58(38-31-52)69-63-26-11-13-28-65(63)70(66-29-14-12-27-64(66)69,59-39-32-53(33-40-59)49-18-5-2-6-19-49)68-47-57(36-43-67(68)69)56-24-15-25-60(46-56)71(61-41-34-50-20-7-9-22-54(50)44-61)62-42-35-51-21-8-10-23-55(51)45-62/h1-47H. The van der Waals surface area contributed by atoms with Crippen LogP contribution in [-0.4, -0.2) is 0 Å². The molecule has 0 saturated heterocycles. The number of anilines is 3. The van der Waals surface area contributed by atoms with E-state index in [-0.39, 0.29) is 0 Å². The molecule has 1 heteroatoms. The first-order valence-corrected chi connectivity index (χ1v) is 24.7. The van der Waals surface area contributed by atoms with Crippen molar-refractivity contribution in [3.63, 3.8) is 0 Å². The number of benzene rings is 12. The number of hydrogen-bond acceptors (Lipinski definition) is 1. The number of nitrogens with zero attached hydrogens (tertiary/aromatic N) is 1. The first-order valence-electron chi connectivity index (χ1n) is 24.7. The van der Waals surface area contributed by atoms with Gasteiger partial charge >= 0.3 is 0 Å². The van der Waals surface area contributed by atoms with E-state index < -0.39 is 10.8 Å². The van der Waals surface area contributed by atoms with Gasteiger partial charge in [0, 0.05) is 17.1 Å². The van der Waals surface area contributed by atoms with Crippen molar-refractivity contribution in [1.82, 2.24) is 0 Å². The molecule has 15 rings (SSSR count). The van der Waals surface area contributed by atoms with Crippen molar-refractivity contribution in [2.24, 2.45) is 0 Å². The van der Waals surface area contributed by atoms with Gasteiger partial charge in [0.15, 0.2) is 0 Å². The van der Waals surface area contributed by atoms with Crippen LogP contribution in [0.1, 0.15) is 44.5 Å². The first-order chi connectivity index (χ1) is 35.2. The van der Waals surface area contributed by atoms with Crippen LogP contribution in [0.4, 0.5) is 17.1 Å². The van der Waals surface area contributed by atoms with E-state index in [2.05, 4.69) is 290 Å². The summed E-state index contributed by atoms with van der Waals surface area (Å²) in [7, 11) is 0. The minimum atomic E-state index is -0.598. The number of rotatable bonds is 8. The van der Waals surface area contributed by atoms with Crippen LogP contribution in [0.3, 0.4) is 0 Å². The van der Waals surface area contributed by atoms with E-state index in [9.17, 15) is 0 Å². The topological polar surface area (TPSA) is 3.24 Å². The van der Waals surface area contributed by atoms with Crippen molar-refractivity contribution < 1.29 is 0 Å². The van der Waals surface area contributed by atoms with Gasteiger partial charge < -0.3 is 4.90 Å². The van der Waals surface area contributed by atoms with Crippen molar-refractivity contribution in [3.8, 4) is 33.4 Å². The highest BCUT2D eigenvalue weighted by Gasteiger charge is 2.60. The van der Waals surface area contributed by atoms with Crippen LogP contribution < -0.4 is 4.90 Å². The molecule has 0 saturated carbocycles. The van der Waals surface area contributed by atoms with E-state index in [0.29, 0.717) is 0 Å². The third-order valence-corrected chi connectivity index (χ3v) is 15.6. The maximum absolute atomic E-state index is 2.54. The van der Waals surface area contributed by atoms with Crippen LogP contribution in [0.25, 0.3) is 54.9 Å². The van der Waals surface area contributed by atoms with Crippen molar-refractivity contribution >= 4 is 38.6 Å². The van der Waals surface area contributed by atoms with Crippen molar-refractivity contribution in [2.75, 3.05) is 4.90 Å². The maximum atomic E-state index is 2.54. The summed E-state index contributed by atoms with van der Waals surface area (Å²) in [6.45, 7) is 0. The van der Waals surface area contributed by atoms with Crippen LogP contribution in [-0.2, 0) is 10.8 Å². The Balaban J connectivity index is 0.999. The fraction of sp³-hybridized carbons (Fsp3) is 0.0286. The zero-order valence-corrected chi connectivity index (χ0v) is 39.1. The molecule has 12 aromatic carbocycles. The lowest BCUT2D eigenvalue weighted by Gasteiger charge is -2.57. The average Bonchev–Trinajstić information content (AvgIpc) is 3.45. The highest BCUT2D eigenvalue weighted by atomic mass is 15.1. The fourth-order valence-electron chi connectivity index (χ4n) is 12.4. The van der Waals surface area contributed by atoms with Gasteiger partial charge in [-0.25, -0.2) is 0 Å². The van der Waals surface area contributed by atoms with Crippen LogP contribution in [0, 0.1) is 0 Å². The second-order valence-electron chi connectivity index (χ2n) is 19.2. The smallest absolute Gasteiger partial charge is 0.0711 e. The van der Waals surface area contributed by atoms with Crippen LogP contribution in [0.5, 0.6) is 0 Å². The lowest BCUT2D eigenvalue weighted by Crippen LogP contribution is -2.51. The fourth-order valence-corrected chi connectivity index (χ4v) is 12.4. The Morgan fingerprint density at radius 1 is 0.197 bits per heavy atom. The first kappa shape index (κ1) is 41.0. The predicted molar refractivity (Wildman–Crippen MR) is 296 cm³/mol. The summed E-state index contributed by atoms with van der Waals surface area (Å²) in [6.07, 6.45) is 0. The molecule has 0 amide bonds. The van der Waals surface area contributed by atoms with Gasteiger partial charge in [0.05, 0.1) is 10.8 Å². The molecule has 0 aliphatic heterocycles. The minimum Gasteiger partial charge on any atom is -0.310 e. The Morgan fingerprint density at radius 3 is 1.04 bits per heavy atom. The van der Waals surface area contributed by atoms with Crippen molar-refractivity contribution in [2.45, 2.75) is 10.8 Å². The third kappa shape index (κ3) is 6.26. The van der Waals surface area contributed by atoms with Crippen LogP contribution in [0.15, 0.2) is 285 Å². The largest absolute Gasteiger partial charge is 0.310 e. The van der Waals surface area contributed by atoms with Gasteiger partial charge in [-0.3, -0.25) is 0 Å². The van der Waals surface area contributed by atoms with Crippen LogP contribution in [0.2, 0.25) is 0 Å². The summed E-state index contributed by atoms with van der Waals surface area (Å²) >= 11 is 0. The highest BCUT2D eigenvalue weighted by Crippen LogP contribution is 2.66. The monoisotopic (exact) mass is 901 g/mol. The molecule has 3 aliphatic rings. The van der Waals surface area contributed by atoms with Gasteiger partial charge in [-0.15, -0.1) is 0 Å². The van der Waals surface area contributed by atoms with Gasteiger partial charge in [-0.05, 0) is 142 Å². The van der Waals surface area contributed by atoms with E-state index in [1.807, 2.05) is 0 Å². The normalized spacial score (nSPS) is 16.3. The molecule has 0 N–H and O–H groups in total. The van der Waals surface area contributed by atoms with Crippen LogP contribution >= 0.6 is 0 Å². The molecule has 0 radical (unpaired) electrons. The van der Waals surface area contributed by atoms with E-state index in [1.54, 1.807) is 0 Å². The van der Waals surface area contributed by atoms with E-state index in [0.717, 1.165) is 22.6 Å². The highest BCUT2D eigenvalue weighted by molar-refractivity contribution is 5.93. The Kier molecular flexibility index (Phi) is 9.41. The second kappa shape index (κ2) is 16.3. The molecule has 332 valence electrons. The minimum absolute atomic E-state index is 0.563. The van der Waals surface area contributed by atoms with Crippen molar-refractivity contribution in [3.05, 3.63) is 330 Å². The lowest BCUT2D eigenvalue weighted by molar-refractivity contribution is 0.557. The van der Waals surface area contributed by atoms with E-state index >= 15 is 0 Å².